The highest BCUT2D eigenvalue weighted by Gasteiger charge is 2.33. The van der Waals surface area contributed by atoms with Gasteiger partial charge in [-0.15, -0.1) is 0 Å². The average Bonchev–Trinajstić information content (AvgIpc) is 3.00. The smallest absolute Gasteiger partial charge is 0.328 e. The number of carboxylic acids is 1. The molecule has 122 valence electrons. The zero-order chi connectivity index (χ0) is 16.4. The number of aliphatic carboxylic acids is 1. The maximum Gasteiger partial charge on any atom is 0.328 e. The van der Waals surface area contributed by atoms with E-state index in [0.717, 1.165) is 6.42 Å². The summed E-state index contributed by atoms with van der Waals surface area (Å²) in [5.41, 5.74) is 1.06. The van der Waals surface area contributed by atoms with Crippen molar-refractivity contribution in [3.63, 3.8) is 0 Å². The Morgan fingerprint density at radius 1 is 1.26 bits per heavy atom. The molecule has 1 aromatic carbocycles. The Labute approximate surface area is 133 Å². The number of hydrogen-bond acceptors (Lipinski definition) is 4. The molecule has 7 nitrogen and oxygen atoms in total. The van der Waals surface area contributed by atoms with Gasteiger partial charge >= 0.3 is 5.97 Å². The second-order valence-corrected chi connectivity index (χ2v) is 5.63. The van der Waals surface area contributed by atoms with Gasteiger partial charge in [0.2, 0.25) is 5.91 Å². The monoisotopic (exact) mass is 318 g/mol. The zero-order valence-electron chi connectivity index (χ0n) is 12.6. The van der Waals surface area contributed by atoms with Crippen LogP contribution in [-0.4, -0.2) is 60.1 Å². The molecule has 1 aromatic rings. The number of nitrogens with zero attached hydrogens (tertiary/aromatic N) is 2. The molecule has 1 N–H and O–H groups in total. The Kier molecular flexibility index (Phi) is 4.29. The van der Waals surface area contributed by atoms with Crippen LogP contribution in [0.4, 0.5) is 5.69 Å². The van der Waals surface area contributed by atoms with E-state index in [9.17, 15) is 19.5 Å². The van der Waals surface area contributed by atoms with Crippen molar-refractivity contribution in [2.45, 2.75) is 18.9 Å². The molecule has 2 fully saturated rings. The van der Waals surface area contributed by atoms with Crippen LogP contribution in [0.2, 0.25) is 0 Å². The lowest BCUT2D eigenvalue weighted by molar-refractivity contribution is -0.147. The molecule has 0 unspecified atom stereocenters. The van der Waals surface area contributed by atoms with E-state index in [-0.39, 0.29) is 25.0 Å². The molecule has 2 amide bonds. The molecule has 0 radical (unpaired) electrons. The van der Waals surface area contributed by atoms with Crippen molar-refractivity contribution in [3.05, 3.63) is 29.8 Å². The maximum absolute atomic E-state index is 12.7. The van der Waals surface area contributed by atoms with Crippen LogP contribution in [-0.2, 0) is 14.3 Å². The Balaban J connectivity index is 1.84. The van der Waals surface area contributed by atoms with Crippen LogP contribution in [0.25, 0.3) is 0 Å². The van der Waals surface area contributed by atoms with Gasteiger partial charge in [-0.2, -0.15) is 0 Å². The normalized spacial score (nSPS) is 21.6. The number of carboxylic acid groups (broad SMARTS) is 1. The number of benzene rings is 1. The van der Waals surface area contributed by atoms with Crippen LogP contribution in [0.5, 0.6) is 0 Å². The van der Waals surface area contributed by atoms with Gasteiger partial charge in [0.15, 0.2) is 6.04 Å². The fourth-order valence-corrected chi connectivity index (χ4v) is 2.95. The molecular weight excluding hydrogens is 300 g/mol. The number of rotatable bonds is 3. The van der Waals surface area contributed by atoms with Crippen molar-refractivity contribution in [3.8, 4) is 0 Å². The number of carbonyl (C=O) groups excluding carboxylic acids is 2. The second-order valence-electron chi connectivity index (χ2n) is 5.63. The average molecular weight is 318 g/mol. The van der Waals surface area contributed by atoms with Crippen molar-refractivity contribution in [1.82, 2.24) is 4.90 Å². The molecule has 0 spiro atoms. The molecule has 23 heavy (non-hydrogen) atoms. The third-order valence-electron chi connectivity index (χ3n) is 4.15. The van der Waals surface area contributed by atoms with E-state index in [1.807, 2.05) is 0 Å². The maximum atomic E-state index is 12.7. The molecule has 0 saturated carbocycles. The minimum absolute atomic E-state index is 0.00856. The van der Waals surface area contributed by atoms with Gasteiger partial charge in [0.25, 0.3) is 5.91 Å². The van der Waals surface area contributed by atoms with Crippen molar-refractivity contribution < 1.29 is 24.2 Å². The van der Waals surface area contributed by atoms with Crippen LogP contribution in [0, 0.1) is 0 Å². The molecule has 0 aliphatic carbocycles. The molecule has 7 heteroatoms. The van der Waals surface area contributed by atoms with Gasteiger partial charge in [-0.25, -0.2) is 4.79 Å². The largest absolute Gasteiger partial charge is 0.480 e. The molecule has 2 aliphatic rings. The predicted molar refractivity (Wildman–Crippen MR) is 81.3 cm³/mol. The quantitative estimate of drug-likeness (QED) is 0.888. The number of ether oxygens (including phenoxy) is 1. The highest BCUT2D eigenvalue weighted by atomic mass is 16.5. The number of hydrogen-bond donors (Lipinski definition) is 1. The van der Waals surface area contributed by atoms with Crippen molar-refractivity contribution >= 4 is 23.5 Å². The highest BCUT2D eigenvalue weighted by molar-refractivity contribution is 6.00. The molecule has 0 aromatic heterocycles. The minimum Gasteiger partial charge on any atom is -0.480 e. The summed E-state index contributed by atoms with van der Waals surface area (Å²) in [5.74, 6) is -1.39. The number of carbonyl (C=O) groups is 3. The number of anilines is 1. The van der Waals surface area contributed by atoms with Gasteiger partial charge in [-0.05, 0) is 24.6 Å². The van der Waals surface area contributed by atoms with Gasteiger partial charge in [0.1, 0.15) is 0 Å². The van der Waals surface area contributed by atoms with Crippen LogP contribution in [0.15, 0.2) is 24.3 Å². The van der Waals surface area contributed by atoms with Gasteiger partial charge in [-0.1, -0.05) is 6.07 Å². The molecule has 1 atom stereocenters. The zero-order valence-corrected chi connectivity index (χ0v) is 12.6. The van der Waals surface area contributed by atoms with Crippen LogP contribution < -0.4 is 4.90 Å². The van der Waals surface area contributed by atoms with E-state index in [2.05, 4.69) is 0 Å². The summed E-state index contributed by atoms with van der Waals surface area (Å²) in [7, 11) is 0. The van der Waals surface area contributed by atoms with Crippen molar-refractivity contribution in [2.75, 3.05) is 31.2 Å². The standard InChI is InChI=1S/C16H18N2O5/c19-14-5-2-6-17(14)12-4-1-3-11(9-12)15(20)18-7-8-23-10-13(18)16(21)22/h1,3-4,9,13H,2,5-8,10H2,(H,21,22)/t13-/m0/s1. The first kappa shape index (κ1) is 15.5. The Bertz CT molecular complexity index is 645. The van der Waals surface area contributed by atoms with E-state index in [1.54, 1.807) is 29.2 Å². The van der Waals surface area contributed by atoms with Gasteiger partial charge < -0.3 is 19.6 Å². The van der Waals surface area contributed by atoms with E-state index in [1.165, 1.54) is 4.90 Å². The topological polar surface area (TPSA) is 87.2 Å². The lowest BCUT2D eigenvalue weighted by Gasteiger charge is -2.33. The molecule has 0 bridgehead atoms. The van der Waals surface area contributed by atoms with Crippen LogP contribution in [0.1, 0.15) is 23.2 Å². The van der Waals surface area contributed by atoms with Gasteiger partial charge in [0, 0.05) is 30.8 Å². The van der Waals surface area contributed by atoms with Gasteiger partial charge in [-0.3, -0.25) is 9.59 Å². The van der Waals surface area contributed by atoms with E-state index < -0.39 is 12.0 Å². The van der Waals surface area contributed by atoms with Gasteiger partial charge in [0.05, 0.1) is 13.2 Å². The number of amides is 2. The Morgan fingerprint density at radius 3 is 2.78 bits per heavy atom. The number of morpholine rings is 1. The first-order chi connectivity index (χ1) is 11.1. The van der Waals surface area contributed by atoms with Crippen molar-refractivity contribution in [2.24, 2.45) is 0 Å². The molecule has 2 saturated heterocycles. The van der Waals surface area contributed by atoms with E-state index in [4.69, 9.17) is 4.74 Å². The summed E-state index contributed by atoms with van der Waals surface area (Å²) >= 11 is 0. The summed E-state index contributed by atoms with van der Waals surface area (Å²) in [6.07, 6.45) is 1.32. The molecule has 3 rings (SSSR count). The molecule has 2 aliphatic heterocycles. The third-order valence-corrected chi connectivity index (χ3v) is 4.15. The predicted octanol–water partition coefficient (Wildman–Crippen LogP) is 0.739. The SMILES string of the molecule is O=C(O)[C@@H]1COCCN1C(=O)c1cccc(N2CCCC2=O)c1. The summed E-state index contributed by atoms with van der Waals surface area (Å²) in [4.78, 5) is 38.8. The summed E-state index contributed by atoms with van der Waals surface area (Å²) in [5, 5.41) is 9.24. The van der Waals surface area contributed by atoms with E-state index in [0.29, 0.717) is 30.8 Å². The first-order valence-electron chi connectivity index (χ1n) is 7.60. The first-order valence-corrected chi connectivity index (χ1v) is 7.60. The lowest BCUT2D eigenvalue weighted by Crippen LogP contribution is -2.52. The highest BCUT2D eigenvalue weighted by Crippen LogP contribution is 2.23. The van der Waals surface area contributed by atoms with Crippen LogP contribution in [0.3, 0.4) is 0 Å². The fourth-order valence-electron chi connectivity index (χ4n) is 2.95. The Hall–Kier alpha value is -2.41. The van der Waals surface area contributed by atoms with Crippen molar-refractivity contribution in [1.29, 1.82) is 0 Å². The second kappa shape index (κ2) is 6.37. The lowest BCUT2D eigenvalue weighted by atomic mass is 10.1. The minimum atomic E-state index is -1.08. The summed E-state index contributed by atoms with van der Waals surface area (Å²) in [6.45, 7) is 1.19. The molecular formula is C16H18N2O5. The third kappa shape index (κ3) is 3.05. The Morgan fingerprint density at radius 2 is 2.09 bits per heavy atom. The van der Waals surface area contributed by atoms with Crippen LogP contribution >= 0.6 is 0 Å². The summed E-state index contributed by atoms with van der Waals surface area (Å²) < 4.78 is 5.15. The fraction of sp³-hybridized carbons (Fsp3) is 0.438. The summed E-state index contributed by atoms with van der Waals surface area (Å²) in [6, 6.07) is 5.81. The van der Waals surface area contributed by atoms with E-state index >= 15 is 0 Å². The molecule has 2 heterocycles.